The molecule has 3 aromatic rings. The summed E-state index contributed by atoms with van der Waals surface area (Å²) in [6, 6.07) is 18.2. The van der Waals surface area contributed by atoms with Crippen LogP contribution in [0.3, 0.4) is 0 Å². The van der Waals surface area contributed by atoms with Crippen LogP contribution in [-0.4, -0.2) is 44.3 Å². The Balaban J connectivity index is 2.04. The number of hydrogen-bond acceptors (Lipinski definition) is 4. The van der Waals surface area contributed by atoms with Crippen LogP contribution in [0.4, 0.5) is 5.69 Å². The number of anilines is 1. The Hall–Kier alpha value is -3.36. The van der Waals surface area contributed by atoms with Crippen LogP contribution in [0.15, 0.2) is 71.6 Å². The maximum Gasteiger partial charge on any atom is 0.264 e. The molecule has 0 saturated heterocycles. The molecule has 0 saturated carbocycles. The molecule has 0 fully saturated rings. The van der Waals surface area contributed by atoms with Crippen LogP contribution in [-0.2, 0) is 26.2 Å². The van der Waals surface area contributed by atoms with Gasteiger partial charge in [0.1, 0.15) is 12.6 Å². The molecule has 3 rings (SSSR count). The Morgan fingerprint density at radius 1 is 0.949 bits per heavy atom. The average Bonchev–Trinajstić information content (AvgIpc) is 2.90. The lowest BCUT2D eigenvalue weighted by molar-refractivity contribution is -0.139. The molecule has 208 valence electrons. The third-order valence-electron chi connectivity index (χ3n) is 6.48. The number of nitrogens with one attached hydrogen (secondary N) is 1. The number of carbonyl (C=O) groups excluding carboxylic acids is 2. The first kappa shape index (κ1) is 30.2. The van der Waals surface area contributed by atoms with Gasteiger partial charge >= 0.3 is 0 Å². The zero-order valence-corrected chi connectivity index (χ0v) is 24.6. The summed E-state index contributed by atoms with van der Waals surface area (Å²) >= 11 is 6.37. The number of rotatable bonds is 11. The van der Waals surface area contributed by atoms with Gasteiger partial charge in [-0.3, -0.25) is 13.9 Å². The quantitative estimate of drug-likeness (QED) is 0.335. The van der Waals surface area contributed by atoms with E-state index in [2.05, 4.69) is 5.32 Å². The van der Waals surface area contributed by atoms with Crippen molar-refractivity contribution in [2.45, 2.75) is 58.5 Å². The van der Waals surface area contributed by atoms with Crippen LogP contribution in [0.2, 0.25) is 5.02 Å². The van der Waals surface area contributed by atoms with Gasteiger partial charge in [-0.1, -0.05) is 72.1 Å². The third-order valence-corrected chi connectivity index (χ3v) is 8.68. The van der Waals surface area contributed by atoms with Gasteiger partial charge in [0, 0.05) is 18.1 Å². The van der Waals surface area contributed by atoms with Gasteiger partial charge < -0.3 is 10.2 Å². The van der Waals surface area contributed by atoms with E-state index in [-0.39, 0.29) is 23.0 Å². The number of halogens is 1. The van der Waals surface area contributed by atoms with Crippen molar-refractivity contribution in [3.63, 3.8) is 0 Å². The van der Waals surface area contributed by atoms with E-state index in [1.807, 2.05) is 52.0 Å². The maximum absolute atomic E-state index is 13.9. The van der Waals surface area contributed by atoms with Crippen molar-refractivity contribution in [1.82, 2.24) is 10.2 Å². The lowest BCUT2D eigenvalue weighted by atomic mass is 10.1. The number of nitrogens with zero attached hydrogens (tertiary/aromatic N) is 2. The summed E-state index contributed by atoms with van der Waals surface area (Å²) < 4.78 is 28.8. The van der Waals surface area contributed by atoms with E-state index >= 15 is 0 Å². The lowest BCUT2D eigenvalue weighted by Gasteiger charge is -2.32. The summed E-state index contributed by atoms with van der Waals surface area (Å²) in [5.74, 6) is -0.813. The molecule has 0 bridgehead atoms. The van der Waals surface area contributed by atoms with E-state index in [4.69, 9.17) is 11.6 Å². The standard InChI is InChI=1S/C30H36ClN3O4S/c1-6-16-32-30(36)24(5)33(19-25-9-7-8-22(3)17-25)29(35)20-34(26-13-12-23(4)28(31)18-26)39(37,38)27-14-10-21(2)11-15-27/h7-15,17-18,24H,6,16,19-20H2,1-5H3,(H,32,36)/t24-/m1/s1. The minimum atomic E-state index is -4.14. The van der Waals surface area contributed by atoms with Crippen LogP contribution in [0.25, 0.3) is 0 Å². The van der Waals surface area contributed by atoms with Crippen LogP contribution in [0.5, 0.6) is 0 Å². The zero-order valence-electron chi connectivity index (χ0n) is 23.1. The van der Waals surface area contributed by atoms with Gasteiger partial charge in [-0.2, -0.15) is 0 Å². The molecule has 0 spiro atoms. The second-order valence-electron chi connectivity index (χ2n) is 9.74. The number of hydrogen-bond donors (Lipinski definition) is 1. The van der Waals surface area contributed by atoms with E-state index in [1.54, 1.807) is 31.2 Å². The molecule has 0 aliphatic heterocycles. The molecule has 1 atom stereocenters. The Morgan fingerprint density at radius 3 is 2.26 bits per heavy atom. The van der Waals surface area contributed by atoms with Crippen LogP contribution >= 0.6 is 11.6 Å². The number of aryl methyl sites for hydroxylation is 3. The molecular weight excluding hydrogens is 534 g/mol. The van der Waals surface area contributed by atoms with Crippen molar-refractivity contribution in [3.8, 4) is 0 Å². The van der Waals surface area contributed by atoms with Gasteiger partial charge in [-0.25, -0.2) is 8.42 Å². The van der Waals surface area contributed by atoms with Crippen LogP contribution in [0, 0.1) is 20.8 Å². The Labute approximate surface area is 236 Å². The molecule has 0 radical (unpaired) electrons. The van der Waals surface area contributed by atoms with Gasteiger partial charge in [0.25, 0.3) is 10.0 Å². The highest BCUT2D eigenvalue weighted by atomic mass is 35.5. The summed E-state index contributed by atoms with van der Waals surface area (Å²) in [5.41, 5.74) is 3.80. The Bertz CT molecular complexity index is 1420. The highest BCUT2D eigenvalue weighted by Gasteiger charge is 2.32. The normalized spacial score (nSPS) is 12.1. The molecule has 39 heavy (non-hydrogen) atoms. The molecule has 7 nitrogen and oxygen atoms in total. The van der Waals surface area contributed by atoms with E-state index in [0.717, 1.165) is 33.0 Å². The average molecular weight is 570 g/mol. The number of sulfonamides is 1. The van der Waals surface area contributed by atoms with Crippen LogP contribution in [0.1, 0.15) is 42.5 Å². The maximum atomic E-state index is 13.9. The SMILES string of the molecule is CCCNC(=O)[C@@H](C)N(Cc1cccc(C)c1)C(=O)CN(c1ccc(C)c(Cl)c1)S(=O)(=O)c1ccc(C)cc1. The predicted octanol–water partition coefficient (Wildman–Crippen LogP) is 5.40. The van der Waals surface area contributed by atoms with Gasteiger partial charge in [-0.15, -0.1) is 0 Å². The van der Waals surface area contributed by atoms with E-state index in [0.29, 0.717) is 11.6 Å². The summed E-state index contributed by atoms with van der Waals surface area (Å²) in [4.78, 5) is 28.3. The molecule has 9 heteroatoms. The molecule has 0 heterocycles. The molecular formula is C30H36ClN3O4S. The molecule has 0 aromatic heterocycles. The van der Waals surface area contributed by atoms with Crippen LogP contribution < -0.4 is 9.62 Å². The fourth-order valence-electron chi connectivity index (χ4n) is 4.09. The van der Waals surface area contributed by atoms with Gasteiger partial charge in [0.15, 0.2) is 0 Å². The Morgan fingerprint density at radius 2 is 1.64 bits per heavy atom. The van der Waals surface area contributed by atoms with Crippen molar-refractivity contribution in [1.29, 1.82) is 0 Å². The lowest BCUT2D eigenvalue weighted by Crippen LogP contribution is -2.51. The second kappa shape index (κ2) is 13.1. The van der Waals surface area contributed by atoms with E-state index in [1.165, 1.54) is 23.1 Å². The smallest absolute Gasteiger partial charge is 0.264 e. The Kier molecular flexibility index (Phi) is 10.2. The monoisotopic (exact) mass is 569 g/mol. The molecule has 1 N–H and O–H groups in total. The van der Waals surface area contributed by atoms with Gasteiger partial charge in [0.2, 0.25) is 11.8 Å². The second-order valence-corrected chi connectivity index (χ2v) is 12.0. The van der Waals surface area contributed by atoms with Gasteiger partial charge in [-0.05, 0) is 69.5 Å². The predicted molar refractivity (Wildman–Crippen MR) is 156 cm³/mol. The first-order chi connectivity index (χ1) is 18.4. The fraction of sp³-hybridized carbons (Fsp3) is 0.333. The first-order valence-electron chi connectivity index (χ1n) is 12.9. The fourth-order valence-corrected chi connectivity index (χ4v) is 5.67. The van der Waals surface area contributed by atoms with E-state index in [9.17, 15) is 18.0 Å². The largest absolute Gasteiger partial charge is 0.354 e. The summed E-state index contributed by atoms with van der Waals surface area (Å²) in [5, 5.41) is 3.22. The van der Waals surface area contributed by atoms with Gasteiger partial charge in [0.05, 0.1) is 10.6 Å². The highest BCUT2D eigenvalue weighted by molar-refractivity contribution is 7.92. The summed E-state index contributed by atoms with van der Waals surface area (Å²) in [6.07, 6.45) is 0.751. The topological polar surface area (TPSA) is 86.8 Å². The van der Waals surface area contributed by atoms with E-state index < -0.39 is 28.5 Å². The molecule has 3 aromatic carbocycles. The number of benzene rings is 3. The molecule has 0 aliphatic carbocycles. The van der Waals surface area contributed by atoms with Crippen molar-refractivity contribution in [2.75, 3.05) is 17.4 Å². The first-order valence-corrected chi connectivity index (χ1v) is 14.7. The van der Waals surface area contributed by atoms with Crippen molar-refractivity contribution in [2.24, 2.45) is 0 Å². The third kappa shape index (κ3) is 7.61. The summed E-state index contributed by atoms with van der Waals surface area (Å²) in [7, 11) is -4.14. The summed E-state index contributed by atoms with van der Waals surface area (Å²) in [6.45, 7) is 9.35. The highest BCUT2D eigenvalue weighted by Crippen LogP contribution is 2.28. The van der Waals surface area contributed by atoms with Crippen molar-refractivity contribution < 1.29 is 18.0 Å². The molecule has 0 aliphatic rings. The molecule has 2 amide bonds. The minimum absolute atomic E-state index is 0.0524. The van der Waals surface area contributed by atoms with Crippen molar-refractivity contribution >= 4 is 39.1 Å². The molecule has 0 unspecified atom stereocenters. The number of amides is 2. The van der Waals surface area contributed by atoms with Crippen molar-refractivity contribution in [3.05, 3.63) is 94.0 Å². The minimum Gasteiger partial charge on any atom is -0.354 e. The number of carbonyl (C=O) groups is 2. The zero-order chi connectivity index (χ0) is 28.7.